The fourth-order valence-electron chi connectivity index (χ4n) is 2.53. The molecule has 6 nitrogen and oxygen atoms in total. The highest BCUT2D eigenvalue weighted by Crippen LogP contribution is 2.46. The minimum Gasteiger partial charge on any atom is -0.508 e. The molecule has 2 N–H and O–H groups in total. The lowest BCUT2D eigenvalue weighted by Crippen LogP contribution is -2.10. The Hall–Kier alpha value is -2.89. The number of hydrogen-bond acceptors (Lipinski definition) is 6. The molecule has 0 radical (unpaired) electrons. The van der Waals surface area contributed by atoms with Crippen LogP contribution in [0.2, 0.25) is 0 Å². The quantitative estimate of drug-likeness (QED) is 0.622. The predicted molar refractivity (Wildman–Crippen MR) is 77.3 cm³/mol. The molecule has 1 aliphatic rings. The van der Waals surface area contributed by atoms with Crippen LogP contribution in [0, 0.1) is 13.8 Å². The van der Waals surface area contributed by atoms with Crippen LogP contribution < -0.4 is 14.2 Å². The van der Waals surface area contributed by atoms with Crippen LogP contribution in [-0.4, -0.2) is 23.3 Å². The summed E-state index contributed by atoms with van der Waals surface area (Å²) in [7, 11) is 1.40. The van der Waals surface area contributed by atoms with Crippen molar-refractivity contribution < 1.29 is 29.2 Å². The van der Waals surface area contributed by atoms with Crippen LogP contribution in [0.3, 0.4) is 0 Å². The Morgan fingerprint density at radius 2 is 1.77 bits per heavy atom. The number of fused-ring (bicyclic) bond motifs is 2. The first-order valence-corrected chi connectivity index (χ1v) is 6.56. The van der Waals surface area contributed by atoms with Crippen molar-refractivity contribution in [3.8, 4) is 34.5 Å². The van der Waals surface area contributed by atoms with Crippen LogP contribution in [0.25, 0.3) is 0 Å². The maximum absolute atomic E-state index is 12.4. The van der Waals surface area contributed by atoms with E-state index in [9.17, 15) is 15.0 Å². The maximum Gasteiger partial charge on any atom is 0.347 e. The summed E-state index contributed by atoms with van der Waals surface area (Å²) in [6.45, 7) is 3.34. The first kappa shape index (κ1) is 14.1. The number of aromatic hydroxyl groups is 2. The molecule has 3 rings (SSSR count). The fraction of sp³-hybridized carbons (Fsp3) is 0.188. The van der Waals surface area contributed by atoms with Gasteiger partial charge in [-0.25, -0.2) is 4.79 Å². The van der Waals surface area contributed by atoms with Gasteiger partial charge in [-0.05, 0) is 25.5 Å². The Kier molecular flexibility index (Phi) is 3.09. The van der Waals surface area contributed by atoms with Crippen molar-refractivity contribution >= 4 is 5.97 Å². The SMILES string of the molecule is COc1c(O)cc2c(c1C)C(=O)Oc1cc(O)cc(C)c1O2. The summed E-state index contributed by atoms with van der Waals surface area (Å²) in [6, 6.07) is 4.11. The van der Waals surface area contributed by atoms with Gasteiger partial charge in [0.15, 0.2) is 23.0 Å². The van der Waals surface area contributed by atoms with Crippen LogP contribution in [0.4, 0.5) is 0 Å². The minimum absolute atomic E-state index is 0.0317. The Balaban J connectivity index is 2.26. The molecule has 2 aromatic carbocycles. The molecule has 22 heavy (non-hydrogen) atoms. The molecule has 0 saturated carbocycles. The molecule has 1 heterocycles. The van der Waals surface area contributed by atoms with Gasteiger partial charge in [-0.3, -0.25) is 0 Å². The number of benzene rings is 2. The predicted octanol–water partition coefficient (Wildman–Crippen LogP) is 3.05. The van der Waals surface area contributed by atoms with Crippen LogP contribution in [0.15, 0.2) is 18.2 Å². The molecule has 0 aromatic heterocycles. The molecule has 0 saturated heterocycles. The molecule has 0 spiro atoms. The van der Waals surface area contributed by atoms with Crippen molar-refractivity contribution in [3.63, 3.8) is 0 Å². The molecule has 1 aliphatic heterocycles. The molecule has 0 aliphatic carbocycles. The Morgan fingerprint density at radius 3 is 2.45 bits per heavy atom. The van der Waals surface area contributed by atoms with E-state index in [0.717, 1.165) is 0 Å². The summed E-state index contributed by atoms with van der Waals surface area (Å²) in [5.41, 5.74) is 1.19. The van der Waals surface area contributed by atoms with Gasteiger partial charge in [-0.1, -0.05) is 0 Å². The summed E-state index contributed by atoms with van der Waals surface area (Å²) in [5.74, 6) is -0.0136. The van der Waals surface area contributed by atoms with Crippen molar-refractivity contribution in [1.82, 2.24) is 0 Å². The summed E-state index contributed by atoms with van der Waals surface area (Å²) >= 11 is 0. The number of aryl methyl sites for hydroxylation is 1. The number of carbonyl (C=O) groups is 1. The number of phenolic OH excluding ortho intramolecular Hbond substituents is 2. The van der Waals surface area contributed by atoms with E-state index in [-0.39, 0.29) is 34.3 Å². The highest BCUT2D eigenvalue weighted by molar-refractivity contribution is 5.98. The van der Waals surface area contributed by atoms with Gasteiger partial charge >= 0.3 is 5.97 Å². The lowest BCUT2D eigenvalue weighted by molar-refractivity contribution is 0.0736. The second-order valence-corrected chi connectivity index (χ2v) is 5.01. The van der Waals surface area contributed by atoms with Gasteiger partial charge in [0.25, 0.3) is 0 Å². The standard InChI is InChI=1S/C16H14O6/c1-7-4-9(17)5-12-14(7)21-11-6-10(18)15(20-3)8(2)13(11)16(19)22-12/h4-6,17-18H,1-3H3. The van der Waals surface area contributed by atoms with Crippen molar-refractivity contribution in [2.45, 2.75) is 13.8 Å². The maximum atomic E-state index is 12.4. The van der Waals surface area contributed by atoms with Gasteiger partial charge in [-0.2, -0.15) is 0 Å². The summed E-state index contributed by atoms with van der Waals surface area (Å²) in [4.78, 5) is 12.4. The van der Waals surface area contributed by atoms with Crippen LogP contribution in [-0.2, 0) is 0 Å². The van der Waals surface area contributed by atoms with Gasteiger partial charge in [0.2, 0.25) is 0 Å². The van der Waals surface area contributed by atoms with Crippen LogP contribution in [0.5, 0.6) is 34.5 Å². The molecule has 0 atom stereocenters. The van der Waals surface area contributed by atoms with E-state index in [4.69, 9.17) is 14.2 Å². The molecule has 6 heteroatoms. The first-order chi connectivity index (χ1) is 10.4. The van der Waals surface area contributed by atoms with E-state index in [2.05, 4.69) is 0 Å². The highest BCUT2D eigenvalue weighted by Gasteiger charge is 2.29. The average molecular weight is 302 g/mol. The molecular formula is C16H14O6. The van der Waals surface area contributed by atoms with Gasteiger partial charge in [0.05, 0.1) is 7.11 Å². The van der Waals surface area contributed by atoms with Crippen LogP contribution >= 0.6 is 0 Å². The Bertz CT molecular complexity index is 794. The summed E-state index contributed by atoms with van der Waals surface area (Å²) < 4.78 is 16.1. The van der Waals surface area contributed by atoms with E-state index >= 15 is 0 Å². The van der Waals surface area contributed by atoms with Gasteiger partial charge in [0, 0.05) is 17.7 Å². The number of rotatable bonds is 1. The van der Waals surface area contributed by atoms with Crippen molar-refractivity contribution in [2.75, 3.05) is 7.11 Å². The second kappa shape index (κ2) is 4.84. The molecule has 2 aromatic rings. The van der Waals surface area contributed by atoms with Gasteiger partial charge < -0.3 is 24.4 Å². The third-order valence-electron chi connectivity index (χ3n) is 3.51. The largest absolute Gasteiger partial charge is 0.508 e. The van der Waals surface area contributed by atoms with Crippen molar-refractivity contribution in [1.29, 1.82) is 0 Å². The summed E-state index contributed by atoms with van der Waals surface area (Å²) in [6.07, 6.45) is 0. The number of methoxy groups -OCH3 is 1. The number of phenols is 2. The topological polar surface area (TPSA) is 85.2 Å². The van der Waals surface area contributed by atoms with Crippen LogP contribution in [0.1, 0.15) is 21.5 Å². The average Bonchev–Trinajstić information content (AvgIpc) is 2.55. The number of esters is 1. The smallest absolute Gasteiger partial charge is 0.347 e. The van der Waals surface area contributed by atoms with Gasteiger partial charge in [-0.15, -0.1) is 0 Å². The molecular weight excluding hydrogens is 288 g/mol. The third kappa shape index (κ3) is 2.00. The lowest BCUT2D eigenvalue weighted by atomic mass is 10.1. The fourth-order valence-corrected chi connectivity index (χ4v) is 2.53. The molecule has 0 fully saturated rings. The van der Waals surface area contributed by atoms with E-state index in [0.29, 0.717) is 16.9 Å². The first-order valence-electron chi connectivity index (χ1n) is 6.56. The lowest BCUT2D eigenvalue weighted by Gasteiger charge is -2.13. The second-order valence-electron chi connectivity index (χ2n) is 5.01. The minimum atomic E-state index is -0.644. The van der Waals surface area contributed by atoms with E-state index in [1.807, 2.05) is 0 Å². The molecule has 0 amide bonds. The zero-order valence-electron chi connectivity index (χ0n) is 12.3. The Labute approximate surface area is 126 Å². The van der Waals surface area contributed by atoms with Crippen molar-refractivity contribution in [3.05, 3.63) is 34.9 Å². The highest BCUT2D eigenvalue weighted by atomic mass is 16.6. The summed E-state index contributed by atoms with van der Waals surface area (Å²) in [5, 5.41) is 19.6. The molecule has 0 bridgehead atoms. The van der Waals surface area contributed by atoms with E-state index in [1.54, 1.807) is 13.8 Å². The monoisotopic (exact) mass is 302 g/mol. The van der Waals surface area contributed by atoms with E-state index < -0.39 is 5.97 Å². The van der Waals surface area contributed by atoms with Gasteiger partial charge in [0.1, 0.15) is 17.1 Å². The molecule has 114 valence electrons. The number of ether oxygens (including phenoxy) is 3. The zero-order valence-corrected chi connectivity index (χ0v) is 12.3. The third-order valence-corrected chi connectivity index (χ3v) is 3.51. The van der Waals surface area contributed by atoms with Crippen molar-refractivity contribution in [2.24, 2.45) is 0 Å². The Morgan fingerprint density at radius 1 is 1.05 bits per heavy atom. The number of carbonyl (C=O) groups excluding carboxylic acids is 1. The zero-order chi connectivity index (χ0) is 16.0. The van der Waals surface area contributed by atoms with E-state index in [1.165, 1.54) is 25.3 Å². The normalized spacial score (nSPS) is 12.6. The molecule has 0 unspecified atom stereocenters. The number of hydrogen-bond donors (Lipinski definition) is 2.